The molecule has 0 saturated carbocycles. The van der Waals surface area contributed by atoms with E-state index in [1.54, 1.807) is 6.92 Å². The molecule has 0 bridgehead atoms. The number of hydrogen-bond donors (Lipinski definition) is 0. The van der Waals surface area contributed by atoms with Gasteiger partial charge in [0.2, 0.25) is 0 Å². The molecule has 0 unspecified atom stereocenters. The second-order valence-corrected chi connectivity index (χ2v) is 4.96. The molecule has 0 saturated heterocycles. The van der Waals surface area contributed by atoms with Crippen molar-refractivity contribution >= 4 is 28.3 Å². The fourth-order valence-electron chi connectivity index (χ4n) is 2.13. The van der Waals surface area contributed by atoms with Crippen molar-refractivity contribution in [2.75, 3.05) is 0 Å². The minimum absolute atomic E-state index is 0.00488. The predicted octanol–water partition coefficient (Wildman–Crippen LogP) is 4.46. The zero-order valence-corrected chi connectivity index (χ0v) is 11.4. The molecule has 18 heavy (non-hydrogen) atoms. The van der Waals surface area contributed by atoms with Crippen molar-refractivity contribution in [1.29, 1.82) is 0 Å². The summed E-state index contributed by atoms with van der Waals surface area (Å²) in [7, 11) is 0. The third kappa shape index (κ3) is 2.21. The molecule has 1 aromatic heterocycles. The molecule has 1 aromatic carbocycles. The lowest BCUT2D eigenvalue weighted by Crippen LogP contribution is -1.99. The topological polar surface area (TPSA) is 22.0 Å². The average molecular weight is 262 g/mol. The summed E-state index contributed by atoms with van der Waals surface area (Å²) < 4.78 is 1.99. The maximum Gasteiger partial charge on any atom is 0.163 e. The lowest BCUT2D eigenvalue weighted by atomic mass is 10.1. The number of halogens is 1. The van der Waals surface area contributed by atoms with E-state index >= 15 is 0 Å². The van der Waals surface area contributed by atoms with Gasteiger partial charge >= 0.3 is 0 Å². The molecule has 0 aliphatic heterocycles. The standard InChI is InChI=1S/C15H16ClNO/c1-10(2)8-9-17-13-7-5-4-6-12(13)14(11(3)18)15(17)16/h4-7H,1,8-9H2,2-3H3. The number of nitrogens with zero attached hydrogens (tertiary/aromatic N) is 1. The Balaban J connectivity index is 2.61. The minimum Gasteiger partial charge on any atom is -0.331 e. The lowest BCUT2D eigenvalue weighted by molar-refractivity contribution is 0.101. The Kier molecular flexibility index (Phi) is 3.58. The molecule has 94 valence electrons. The van der Waals surface area contributed by atoms with Crippen molar-refractivity contribution in [2.24, 2.45) is 0 Å². The monoisotopic (exact) mass is 261 g/mol. The van der Waals surface area contributed by atoms with E-state index < -0.39 is 0 Å². The van der Waals surface area contributed by atoms with Gasteiger partial charge in [0.15, 0.2) is 5.78 Å². The number of para-hydroxylation sites is 1. The highest BCUT2D eigenvalue weighted by molar-refractivity contribution is 6.35. The van der Waals surface area contributed by atoms with Gasteiger partial charge in [-0.25, -0.2) is 0 Å². The fraction of sp³-hybridized carbons (Fsp3) is 0.267. The number of rotatable bonds is 4. The fourth-order valence-corrected chi connectivity index (χ4v) is 2.54. The summed E-state index contributed by atoms with van der Waals surface area (Å²) in [5, 5.41) is 1.46. The highest BCUT2D eigenvalue weighted by Gasteiger charge is 2.17. The van der Waals surface area contributed by atoms with Crippen molar-refractivity contribution < 1.29 is 4.79 Å². The van der Waals surface area contributed by atoms with E-state index in [0.29, 0.717) is 10.7 Å². The molecule has 2 nitrogen and oxygen atoms in total. The summed E-state index contributed by atoms with van der Waals surface area (Å²) in [6.07, 6.45) is 0.857. The van der Waals surface area contributed by atoms with Gasteiger partial charge in [-0.15, -0.1) is 6.58 Å². The zero-order valence-electron chi connectivity index (χ0n) is 10.7. The van der Waals surface area contributed by atoms with Crippen molar-refractivity contribution in [2.45, 2.75) is 26.8 Å². The number of benzene rings is 1. The average Bonchev–Trinajstić information content (AvgIpc) is 2.58. The van der Waals surface area contributed by atoms with Crippen LogP contribution in [0.4, 0.5) is 0 Å². The minimum atomic E-state index is 0.00488. The second-order valence-electron chi connectivity index (χ2n) is 4.60. The van der Waals surface area contributed by atoms with Crippen LogP contribution in [-0.2, 0) is 6.54 Å². The smallest absolute Gasteiger partial charge is 0.163 e. The molecule has 3 heteroatoms. The molecule has 0 radical (unpaired) electrons. The van der Waals surface area contributed by atoms with E-state index in [-0.39, 0.29) is 5.78 Å². The molecule has 2 rings (SSSR count). The van der Waals surface area contributed by atoms with E-state index in [1.165, 1.54) is 0 Å². The maximum absolute atomic E-state index is 11.7. The first-order valence-electron chi connectivity index (χ1n) is 5.94. The van der Waals surface area contributed by atoms with Gasteiger partial charge in [0, 0.05) is 17.4 Å². The highest BCUT2D eigenvalue weighted by Crippen LogP contribution is 2.30. The first kappa shape index (κ1) is 12.9. The molecular weight excluding hydrogens is 246 g/mol. The SMILES string of the molecule is C=C(C)CCn1c(Cl)c(C(C)=O)c2ccccc21. The number of aryl methyl sites for hydroxylation is 1. The Morgan fingerprint density at radius 2 is 2.00 bits per heavy atom. The van der Waals surface area contributed by atoms with E-state index in [9.17, 15) is 4.79 Å². The highest BCUT2D eigenvalue weighted by atomic mass is 35.5. The van der Waals surface area contributed by atoms with Crippen LogP contribution < -0.4 is 0 Å². The Morgan fingerprint density at radius 1 is 1.33 bits per heavy atom. The molecule has 0 atom stereocenters. The van der Waals surface area contributed by atoms with Gasteiger partial charge in [0.1, 0.15) is 5.15 Å². The van der Waals surface area contributed by atoms with Crippen molar-refractivity contribution in [3.8, 4) is 0 Å². The number of allylic oxidation sites excluding steroid dienone is 1. The third-order valence-corrected chi connectivity index (χ3v) is 3.41. The molecule has 0 fully saturated rings. The molecule has 1 heterocycles. The molecule has 2 aromatic rings. The number of fused-ring (bicyclic) bond motifs is 1. The Hall–Kier alpha value is -1.54. The van der Waals surface area contributed by atoms with Crippen LogP contribution in [0, 0.1) is 0 Å². The largest absolute Gasteiger partial charge is 0.331 e. The van der Waals surface area contributed by atoms with Crippen molar-refractivity contribution in [3.63, 3.8) is 0 Å². The molecule has 0 spiro atoms. The van der Waals surface area contributed by atoms with Crippen LogP contribution in [0.25, 0.3) is 10.9 Å². The van der Waals surface area contributed by atoms with Gasteiger partial charge in [-0.2, -0.15) is 0 Å². The third-order valence-electron chi connectivity index (χ3n) is 3.02. The molecule has 0 aliphatic rings. The molecule has 0 amide bonds. The molecule has 0 aliphatic carbocycles. The van der Waals surface area contributed by atoms with Crippen LogP contribution >= 0.6 is 11.6 Å². The molecule has 0 N–H and O–H groups in total. The van der Waals surface area contributed by atoms with Crippen LogP contribution in [0.3, 0.4) is 0 Å². The number of aromatic nitrogens is 1. The van der Waals surface area contributed by atoms with Gasteiger partial charge in [-0.05, 0) is 26.3 Å². The van der Waals surface area contributed by atoms with Crippen LogP contribution in [0.15, 0.2) is 36.4 Å². The number of carbonyl (C=O) groups excluding carboxylic acids is 1. The van der Waals surface area contributed by atoms with E-state index in [2.05, 4.69) is 6.58 Å². The van der Waals surface area contributed by atoms with Crippen LogP contribution in [0.5, 0.6) is 0 Å². The lowest BCUT2D eigenvalue weighted by Gasteiger charge is -2.06. The quantitative estimate of drug-likeness (QED) is 0.588. The van der Waals surface area contributed by atoms with Gasteiger partial charge in [0.25, 0.3) is 0 Å². The Bertz CT molecular complexity index is 625. The number of carbonyl (C=O) groups is 1. The van der Waals surface area contributed by atoms with Crippen LogP contribution in [0.1, 0.15) is 30.6 Å². The maximum atomic E-state index is 11.7. The van der Waals surface area contributed by atoms with Gasteiger partial charge < -0.3 is 4.57 Å². The van der Waals surface area contributed by atoms with Crippen molar-refractivity contribution in [1.82, 2.24) is 4.57 Å². The normalized spacial score (nSPS) is 10.8. The Morgan fingerprint density at radius 3 is 2.61 bits per heavy atom. The summed E-state index contributed by atoms with van der Waals surface area (Å²) in [4.78, 5) is 11.7. The van der Waals surface area contributed by atoms with Crippen molar-refractivity contribution in [3.05, 3.63) is 47.1 Å². The number of ketones is 1. The number of hydrogen-bond acceptors (Lipinski definition) is 1. The van der Waals surface area contributed by atoms with Gasteiger partial charge in [0.05, 0.1) is 5.56 Å². The molecular formula is C15H16ClNO. The number of Topliss-reactive ketones (excluding diaryl/α,β-unsaturated/α-hetero) is 1. The van der Waals surface area contributed by atoms with Crippen LogP contribution in [-0.4, -0.2) is 10.4 Å². The van der Waals surface area contributed by atoms with Crippen LogP contribution in [0.2, 0.25) is 5.15 Å². The summed E-state index contributed by atoms with van der Waals surface area (Å²) in [6.45, 7) is 8.19. The van der Waals surface area contributed by atoms with E-state index in [0.717, 1.165) is 29.4 Å². The zero-order chi connectivity index (χ0) is 13.3. The summed E-state index contributed by atoms with van der Waals surface area (Å²) >= 11 is 6.34. The summed E-state index contributed by atoms with van der Waals surface area (Å²) in [6, 6.07) is 7.81. The first-order valence-corrected chi connectivity index (χ1v) is 6.32. The van der Waals surface area contributed by atoms with Gasteiger partial charge in [-0.3, -0.25) is 4.79 Å². The predicted molar refractivity (Wildman–Crippen MR) is 76.4 cm³/mol. The van der Waals surface area contributed by atoms with E-state index in [4.69, 9.17) is 11.6 Å². The summed E-state index contributed by atoms with van der Waals surface area (Å²) in [5.74, 6) is 0.00488. The Labute approximate surface area is 112 Å². The second kappa shape index (κ2) is 4.99. The van der Waals surface area contributed by atoms with E-state index in [1.807, 2.05) is 35.8 Å². The summed E-state index contributed by atoms with van der Waals surface area (Å²) in [5.41, 5.74) is 2.73. The van der Waals surface area contributed by atoms with Gasteiger partial charge in [-0.1, -0.05) is 35.4 Å². The first-order chi connectivity index (χ1) is 8.52.